The van der Waals surface area contributed by atoms with Gasteiger partial charge in [-0.1, -0.05) is 56.0 Å². The fraction of sp³-hybridized carbons (Fsp3) is 0.571. The van der Waals surface area contributed by atoms with E-state index in [1.807, 2.05) is 12.1 Å². The van der Waals surface area contributed by atoms with Crippen molar-refractivity contribution in [2.75, 3.05) is 0 Å². The molecular weight excluding hydrogens is 402 g/mol. The second-order valence-electron chi connectivity index (χ2n) is 10.3. The summed E-state index contributed by atoms with van der Waals surface area (Å²) in [5, 5.41) is 0. The van der Waals surface area contributed by atoms with Crippen molar-refractivity contribution >= 4 is 10.2 Å². The van der Waals surface area contributed by atoms with Gasteiger partial charge in [0, 0.05) is 15.8 Å². The molecule has 3 heteroatoms. The minimum absolute atomic E-state index is 0.0882. The molecule has 168 valence electrons. The second-order valence-corrected chi connectivity index (χ2v) is 11.1. The van der Waals surface area contributed by atoms with E-state index in [2.05, 4.69) is 12.1 Å². The molecule has 2 fully saturated rings. The van der Waals surface area contributed by atoms with Crippen LogP contribution in [0.25, 0.3) is 11.1 Å². The van der Waals surface area contributed by atoms with Crippen molar-refractivity contribution in [1.82, 2.24) is 0 Å². The van der Waals surface area contributed by atoms with Crippen molar-refractivity contribution in [2.24, 2.45) is 23.7 Å². The van der Waals surface area contributed by atoms with Crippen LogP contribution < -0.4 is 0 Å². The third-order valence-electron chi connectivity index (χ3n) is 8.44. The summed E-state index contributed by atoms with van der Waals surface area (Å²) >= 11 is 0. The molecule has 0 nitrogen and oxygen atoms in total. The maximum absolute atomic E-state index is 13.9. The summed E-state index contributed by atoms with van der Waals surface area (Å²) in [6, 6.07) is 12.6. The predicted molar refractivity (Wildman–Crippen MR) is 130 cm³/mol. The molecule has 0 amide bonds. The quantitative estimate of drug-likeness (QED) is 0.414. The molecular formula is C28H38F2Si. The molecule has 0 N–H and O–H groups in total. The van der Waals surface area contributed by atoms with Crippen molar-refractivity contribution < 1.29 is 8.78 Å². The van der Waals surface area contributed by atoms with Crippen molar-refractivity contribution in [3.63, 3.8) is 0 Å². The number of aryl methyl sites for hydroxylation is 1. The number of benzene rings is 2. The largest absolute Gasteiger partial charge is 0.207 e. The highest BCUT2D eigenvalue weighted by Gasteiger charge is 2.30. The molecule has 0 unspecified atom stereocenters. The molecule has 0 heterocycles. The molecule has 0 spiro atoms. The zero-order valence-corrected chi connectivity index (χ0v) is 21.3. The molecule has 4 rings (SSSR count). The van der Waals surface area contributed by atoms with Crippen LogP contribution in [0.3, 0.4) is 0 Å². The van der Waals surface area contributed by atoms with E-state index in [-0.39, 0.29) is 5.56 Å². The van der Waals surface area contributed by atoms with Crippen LogP contribution in [0.1, 0.15) is 68.9 Å². The average Bonchev–Trinajstić information content (AvgIpc) is 2.81. The van der Waals surface area contributed by atoms with Gasteiger partial charge in [0.2, 0.25) is 0 Å². The molecule has 0 saturated heterocycles. The van der Waals surface area contributed by atoms with Crippen molar-refractivity contribution in [3.05, 3.63) is 59.2 Å². The molecule has 2 aliphatic rings. The summed E-state index contributed by atoms with van der Waals surface area (Å²) < 4.78 is 27.7. The Bertz CT molecular complexity index is 821. The van der Waals surface area contributed by atoms with Crippen LogP contribution in [0.4, 0.5) is 8.78 Å². The lowest BCUT2D eigenvalue weighted by molar-refractivity contribution is 0.148. The number of halogens is 2. The van der Waals surface area contributed by atoms with E-state index >= 15 is 0 Å². The third-order valence-corrected chi connectivity index (χ3v) is 9.59. The fourth-order valence-electron chi connectivity index (χ4n) is 6.06. The number of hydrogen-bond donors (Lipinski definition) is 0. The van der Waals surface area contributed by atoms with Gasteiger partial charge in [0.25, 0.3) is 0 Å². The van der Waals surface area contributed by atoms with Crippen LogP contribution in [0, 0.1) is 42.2 Å². The van der Waals surface area contributed by atoms with Gasteiger partial charge in [-0.05, 0) is 97.9 Å². The first-order chi connectivity index (χ1) is 15.0. The Labute approximate surface area is 190 Å². The lowest BCUT2D eigenvalue weighted by atomic mass is 9.69. The van der Waals surface area contributed by atoms with E-state index < -0.39 is 11.6 Å². The maximum Gasteiger partial charge on any atom is 0.129 e. The molecule has 0 bridgehead atoms. The van der Waals surface area contributed by atoms with Crippen LogP contribution in [-0.2, 0) is 6.42 Å². The predicted octanol–water partition coefficient (Wildman–Crippen LogP) is 7.27. The lowest BCUT2D eigenvalue weighted by Crippen LogP contribution is -2.26. The zero-order valence-electron chi connectivity index (χ0n) is 19.3. The minimum atomic E-state index is -0.477. The van der Waals surface area contributed by atoms with Crippen LogP contribution in [0.2, 0.25) is 6.04 Å². The lowest BCUT2D eigenvalue weighted by Gasteiger charge is -2.37. The van der Waals surface area contributed by atoms with Crippen molar-refractivity contribution in [3.8, 4) is 11.1 Å². The normalized spacial score (nSPS) is 26.8. The topological polar surface area (TPSA) is 0 Å². The van der Waals surface area contributed by atoms with Gasteiger partial charge in [0.05, 0.1) is 0 Å². The van der Waals surface area contributed by atoms with E-state index in [1.165, 1.54) is 98.7 Å². The van der Waals surface area contributed by atoms with Gasteiger partial charge >= 0.3 is 0 Å². The van der Waals surface area contributed by atoms with Gasteiger partial charge in [-0.3, -0.25) is 0 Å². The molecule has 0 radical (unpaired) electrons. The highest BCUT2D eigenvalue weighted by Crippen LogP contribution is 2.42. The summed E-state index contributed by atoms with van der Waals surface area (Å²) in [4.78, 5) is 0. The van der Waals surface area contributed by atoms with Crippen LogP contribution in [-0.4, -0.2) is 10.2 Å². The Kier molecular flexibility index (Phi) is 7.63. The summed E-state index contributed by atoms with van der Waals surface area (Å²) in [6.07, 6.45) is 14.1. The Morgan fingerprint density at radius 1 is 0.742 bits per heavy atom. The van der Waals surface area contributed by atoms with Gasteiger partial charge in [0.15, 0.2) is 0 Å². The van der Waals surface area contributed by atoms with Gasteiger partial charge in [-0.2, -0.15) is 0 Å². The first kappa shape index (κ1) is 22.7. The van der Waals surface area contributed by atoms with Crippen molar-refractivity contribution in [2.45, 2.75) is 77.2 Å². The molecule has 2 aliphatic carbocycles. The molecule has 2 saturated carbocycles. The SMILES string of the molecule is Cc1c(F)cc(-c2ccc(CCC3CCC(C4CCC(C[SiH3])CC4)CC3)cc2)cc1F. The van der Waals surface area contributed by atoms with Crippen molar-refractivity contribution in [1.29, 1.82) is 0 Å². The van der Waals surface area contributed by atoms with E-state index in [0.717, 1.165) is 35.7 Å². The molecule has 0 atom stereocenters. The Morgan fingerprint density at radius 3 is 1.77 bits per heavy atom. The first-order valence-electron chi connectivity index (χ1n) is 12.6. The summed E-state index contributed by atoms with van der Waals surface area (Å²) in [5.41, 5.74) is 2.91. The van der Waals surface area contributed by atoms with E-state index in [4.69, 9.17) is 0 Å². The molecule has 0 aliphatic heterocycles. The summed E-state index contributed by atoms with van der Waals surface area (Å²) in [5.74, 6) is 3.00. The first-order valence-corrected chi connectivity index (χ1v) is 14.0. The highest BCUT2D eigenvalue weighted by molar-refractivity contribution is 6.08. The Hall–Kier alpha value is -1.48. The Morgan fingerprint density at radius 2 is 1.26 bits per heavy atom. The van der Waals surface area contributed by atoms with Gasteiger partial charge in [-0.15, -0.1) is 0 Å². The van der Waals surface area contributed by atoms with E-state index in [1.54, 1.807) is 0 Å². The third kappa shape index (κ3) is 5.66. The van der Waals surface area contributed by atoms with Crippen LogP contribution in [0.15, 0.2) is 36.4 Å². The molecule has 2 aromatic carbocycles. The van der Waals surface area contributed by atoms with Crippen LogP contribution >= 0.6 is 0 Å². The average molecular weight is 441 g/mol. The molecule has 2 aromatic rings. The van der Waals surface area contributed by atoms with Gasteiger partial charge in [0.1, 0.15) is 11.6 Å². The smallest absolute Gasteiger partial charge is 0.129 e. The van der Waals surface area contributed by atoms with Gasteiger partial charge in [-0.25, -0.2) is 8.78 Å². The molecule has 31 heavy (non-hydrogen) atoms. The summed E-state index contributed by atoms with van der Waals surface area (Å²) in [6.45, 7) is 1.48. The second kappa shape index (κ2) is 10.4. The van der Waals surface area contributed by atoms with Gasteiger partial charge < -0.3 is 0 Å². The monoisotopic (exact) mass is 440 g/mol. The molecule has 0 aromatic heterocycles. The zero-order chi connectivity index (χ0) is 21.8. The standard InChI is InChI=1S/C28H38F2Si/c1-19-27(29)16-26(17-28(19)30)25-12-6-21(7-13-25)3-2-20-4-10-23(11-5-20)24-14-8-22(18-31)9-15-24/h6-7,12-13,16-17,20,22-24H,2-5,8-11,14-15,18H2,1,31H3. The van der Waals surface area contributed by atoms with E-state index in [0.29, 0.717) is 5.56 Å². The highest BCUT2D eigenvalue weighted by atomic mass is 28.1. The number of hydrogen-bond acceptors (Lipinski definition) is 0. The minimum Gasteiger partial charge on any atom is -0.207 e. The summed E-state index contributed by atoms with van der Waals surface area (Å²) in [7, 11) is 1.38. The van der Waals surface area contributed by atoms with E-state index in [9.17, 15) is 8.78 Å². The van der Waals surface area contributed by atoms with Crippen LogP contribution in [0.5, 0.6) is 0 Å². The number of rotatable bonds is 6. The maximum atomic E-state index is 13.9. The Balaban J connectivity index is 1.24. The fourth-order valence-corrected chi connectivity index (χ4v) is 6.88.